The van der Waals surface area contributed by atoms with Crippen LogP contribution in [0.2, 0.25) is 0 Å². The fraction of sp³-hybridized carbons (Fsp3) is 0.961. The van der Waals surface area contributed by atoms with Gasteiger partial charge in [0.25, 0.3) is 0 Å². The van der Waals surface area contributed by atoms with E-state index in [1.807, 2.05) is 6.92 Å². The molecule has 24 nitrogen and oxygen atoms in total. The Morgan fingerprint density at radius 2 is 1.20 bits per heavy atom. The molecular formula is C51H82O24. The molecule has 0 aromatic rings. The Kier molecular flexibility index (Phi) is 16.4. The fourth-order valence-corrected chi connectivity index (χ4v) is 15.3. The van der Waals surface area contributed by atoms with Gasteiger partial charge in [-0.15, -0.1) is 0 Å². The quantitative estimate of drug-likeness (QED) is 0.0832. The summed E-state index contributed by atoms with van der Waals surface area (Å²) < 4.78 is 60.8. The summed E-state index contributed by atoms with van der Waals surface area (Å²) in [5.74, 6) is -0.765. The van der Waals surface area contributed by atoms with Crippen LogP contribution in [0.1, 0.15) is 85.5 Å². The minimum absolute atomic E-state index is 0.105. The molecule has 0 radical (unpaired) electrons. The highest BCUT2D eigenvalue weighted by molar-refractivity contribution is 5.29. The Morgan fingerprint density at radius 3 is 1.83 bits per heavy atom. The zero-order valence-electron chi connectivity index (χ0n) is 42.9. The third-order valence-corrected chi connectivity index (χ3v) is 20.1. The molecular weight excluding hydrogens is 997 g/mol. The maximum absolute atomic E-state index is 13.1. The minimum atomic E-state index is -1.76. The van der Waals surface area contributed by atoms with E-state index in [4.69, 9.17) is 47.4 Å². The zero-order chi connectivity index (χ0) is 53.8. The van der Waals surface area contributed by atoms with Gasteiger partial charge in [-0.05, 0) is 81.5 Å². The molecule has 3 saturated carbocycles. The van der Waals surface area contributed by atoms with Crippen molar-refractivity contribution >= 4 is 0 Å². The summed E-state index contributed by atoms with van der Waals surface area (Å²) in [5, 5.41) is 149. The highest BCUT2D eigenvalue weighted by atomic mass is 16.8. The number of allylic oxidation sites excluding steroid dienone is 1. The van der Waals surface area contributed by atoms with Crippen molar-refractivity contribution in [2.24, 2.45) is 40.4 Å². The topological polar surface area (TPSA) is 376 Å². The highest BCUT2D eigenvalue weighted by Crippen LogP contribution is 2.72. The average molecular weight is 1080 g/mol. The monoisotopic (exact) mass is 1080 g/mol. The van der Waals surface area contributed by atoms with E-state index in [2.05, 4.69) is 19.9 Å². The molecule has 0 aromatic heterocycles. The summed E-state index contributed by atoms with van der Waals surface area (Å²) in [6.45, 7) is 6.64. The van der Waals surface area contributed by atoms with Crippen LogP contribution in [0.25, 0.3) is 0 Å². The molecule has 31 atom stereocenters. The van der Waals surface area contributed by atoms with E-state index in [9.17, 15) is 71.5 Å². The molecule has 10 rings (SSSR count). The lowest BCUT2D eigenvalue weighted by Crippen LogP contribution is -2.65. The lowest BCUT2D eigenvalue weighted by atomic mass is 9.46. The van der Waals surface area contributed by atoms with E-state index >= 15 is 0 Å². The van der Waals surface area contributed by atoms with Crippen LogP contribution in [0, 0.1) is 40.4 Å². The van der Waals surface area contributed by atoms with Gasteiger partial charge in [-0.3, -0.25) is 0 Å². The molecule has 6 aliphatic heterocycles. The standard InChI is InChI=1S/C51H82O24/c1-20-32(54)36(58)42(64)46(69-20)74-43-39(61)35(57)30(19-67-45-41(63)38(60)34(56)29(16-53)72-45)73-47(43)70-24-8-10-48(3)23(13-24)5-6-25-26(48)9-11-49(4)27(25)14-31-51(49,65)21(2)50(75-31)12-7-22(18-68-50)17-66-44-40(62)37(59)33(55)28(15-52)71-44/h5,20-22,24-47,52-65H,6-19H2,1-4H3. The predicted molar refractivity (Wildman–Crippen MR) is 250 cm³/mol. The SMILES string of the molecule is CC1OC(OC2C(OC3CCC4(C)C(=CCC5C4CCC4(C)C5CC5OC6(CCC(COC7OC(CO)C(O)C(O)C7O)CO6)C(C)C54O)C3)OC(COC3OC(CO)C(O)C(O)C3O)C(O)C2O)C(O)C(O)C1O. The number of aliphatic hydroxyl groups excluding tert-OH is 13. The number of aliphatic hydroxyl groups is 14. The van der Waals surface area contributed by atoms with Crippen molar-refractivity contribution in [2.45, 2.75) is 232 Å². The Balaban J connectivity index is 0.797. The van der Waals surface area contributed by atoms with Gasteiger partial charge < -0.3 is 119 Å². The minimum Gasteiger partial charge on any atom is -0.394 e. The molecule has 1 spiro atoms. The second-order valence-electron chi connectivity index (χ2n) is 24.0. The lowest BCUT2D eigenvalue weighted by Gasteiger charge is -2.60. The Morgan fingerprint density at radius 1 is 0.600 bits per heavy atom. The molecule has 24 heteroatoms. The first-order chi connectivity index (χ1) is 35.5. The van der Waals surface area contributed by atoms with Crippen LogP contribution < -0.4 is 0 Å². The van der Waals surface area contributed by atoms with Crippen molar-refractivity contribution in [3.63, 3.8) is 0 Å². The number of fused-ring (bicyclic) bond motifs is 7. The molecule has 6 heterocycles. The van der Waals surface area contributed by atoms with Crippen LogP contribution in [0.15, 0.2) is 11.6 Å². The van der Waals surface area contributed by atoms with Crippen LogP contribution in [-0.2, 0) is 47.4 Å². The van der Waals surface area contributed by atoms with E-state index in [1.54, 1.807) is 0 Å². The fourth-order valence-electron chi connectivity index (χ4n) is 15.3. The van der Waals surface area contributed by atoms with E-state index in [1.165, 1.54) is 12.5 Å². The van der Waals surface area contributed by atoms with Crippen LogP contribution in [0.4, 0.5) is 0 Å². The maximum Gasteiger partial charge on any atom is 0.187 e. The average Bonchev–Trinajstić information content (AvgIpc) is 3.85. The van der Waals surface area contributed by atoms with Crippen molar-refractivity contribution in [3.8, 4) is 0 Å². The highest BCUT2D eigenvalue weighted by Gasteiger charge is 2.76. The van der Waals surface area contributed by atoms with E-state index in [0.717, 1.165) is 25.7 Å². The molecule has 0 aromatic carbocycles. The van der Waals surface area contributed by atoms with Crippen molar-refractivity contribution in [3.05, 3.63) is 11.6 Å². The lowest BCUT2D eigenvalue weighted by molar-refractivity contribution is -0.375. The number of ether oxygens (including phenoxy) is 10. The summed E-state index contributed by atoms with van der Waals surface area (Å²) in [4.78, 5) is 0. The molecule has 75 heavy (non-hydrogen) atoms. The van der Waals surface area contributed by atoms with Gasteiger partial charge in [-0.2, -0.15) is 0 Å². The normalized spacial score (nSPS) is 56.9. The van der Waals surface area contributed by atoms with Crippen LogP contribution in [0.5, 0.6) is 0 Å². The largest absolute Gasteiger partial charge is 0.394 e. The zero-order valence-corrected chi connectivity index (χ0v) is 42.9. The first kappa shape index (κ1) is 57.0. The summed E-state index contributed by atoms with van der Waals surface area (Å²) >= 11 is 0. The van der Waals surface area contributed by atoms with Crippen LogP contribution in [-0.4, -0.2) is 251 Å². The van der Waals surface area contributed by atoms with E-state index < -0.39 is 172 Å². The van der Waals surface area contributed by atoms with Gasteiger partial charge in [0.2, 0.25) is 0 Å². The van der Waals surface area contributed by atoms with Gasteiger partial charge in [0.05, 0.1) is 51.3 Å². The third-order valence-electron chi connectivity index (χ3n) is 20.1. The Hall–Kier alpha value is -1.22. The first-order valence-electron chi connectivity index (χ1n) is 27.1. The van der Waals surface area contributed by atoms with Gasteiger partial charge in [0.1, 0.15) is 97.2 Å². The summed E-state index contributed by atoms with van der Waals surface area (Å²) in [6, 6.07) is 0. The Labute approximate surface area is 434 Å². The second kappa shape index (κ2) is 21.6. The van der Waals surface area contributed by atoms with E-state index in [0.29, 0.717) is 32.1 Å². The van der Waals surface area contributed by atoms with Gasteiger partial charge >= 0.3 is 0 Å². The predicted octanol–water partition coefficient (Wildman–Crippen LogP) is -3.87. The summed E-state index contributed by atoms with van der Waals surface area (Å²) in [7, 11) is 0. The molecule has 14 N–H and O–H groups in total. The van der Waals surface area contributed by atoms with Gasteiger partial charge in [-0.1, -0.05) is 32.4 Å². The van der Waals surface area contributed by atoms with Crippen molar-refractivity contribution in [2.75, 3.05) is 33.0 Å². The first-order valence-corrected chi connectivity index (χ1v) is 27.1. The third kappa shape index (κ3) is 9.51. The molecule has 0 bridgehead atoms. The van der Waals surface area contributed by atoms with Gasteiger partial charge in [0.15, 0.2) is 30.9 Å². The molecule has 6 saturated heterocycles. The molecule has 10 aliphatic rings. The maximum atomic E-state index is 13.1. The molecule has 31 unspecified atom stereocenters. The molecule has 430 valence electrons. The Bertz CT molecular complexity index is 1990. The number of hydrogen-bond acceptors (Lipinski definition) is 24. The van der Waals surface area contributed by atoms with Crippen molar-refractivity contribution in [1.82, 2.24) is 0 Å². The molecule has 0 amide bonds. The number of hydrogen-bond donors (Lipinski definition) is 14. The van der Waals surface area contributed by atoms with Crippen LogP contribution >= 0.6 is 0 Å². The number of rotatable bonds is 12. The molecule has 9 fully saturated rings. The van der Waals surface area contributed by atoms with Crippen molar-refractivity contribution in [1.29, 1.82) is 0 Å². The van der Waals surface area contributed by atoms with Crippen molar-refractivity contribution < 1.29 is 119 Å². The summed E-state index contributed by atoms with van der Waals surface area (Å²) in [6.07, 6.45) is -22.6. The van der Waals surface area contributed by atoms with E-state index in [-0.39, 0.29) is 48.2 Å². The van der Waals surface area contributed by atoms with Gasteiger partial charge in [0, 0.05) is 23.7 Å². The second-order valence-corrected chi connectivity index (χ2v) is 24.0. The smallest absolute Gasteiger partial charge is 0.187 e. The molecule has 4 aliphatic carbocycles. The van der Waals surface area contributed by atoms with Crippen LogP contribution in [0.3, 0.4) is 0 Å². The summed E-state index contributed by atoms with van der Waals surface area (Å²) in [5.41, 5.74) is -0.648. The van der Waals surface area contributed by atoms with Gasteiger partial charge in [-0.25, -0.2) is 0 Å².